The molecule has 0 spiro atoms. The molecule has 0 unspecified atom stereocenters. The molecule has 138 valence electrons. The van der Waals surface area contributed by atoms with E-state index in [1.165, 1.54) is 29.5 Å². The molecule has 2 heterocycles. The number of morpholine rings is 1. The molecule has 1 saturated heterocycles. The van der Waals surface area contributed by atoms with E-state index in [9.17, 15) is 14.0 Å². The van der Waals surface area contributed by atoms with Crippen molar-refractivity contribution in [2.75, 3.05) is 38.2 Å². The molecule has 7 heteroatoms. The molecule has 0 aliphatic carbocycles. The van der Waals surface area contributed by atoms with Crippen LogP contribution in [0.1, 0.15) is 27.7 Å². The number of hydrogen-bond acceptors (Lipinski definition) is 5. The maximum absolute atomic E-state index is 13.5. The Bertz CT molecular complexity index is 800. The molecule has 1 aliphatic heterocycles. The summed E-state index contributed by atoms with van der Waals surface area (Å²) in [4.78, 5) is 28.2. The summed E-state index contributed by atoms with van der Waals surface area (Å²) in [6.07, 6.45) is 0.757. The maximum Gasteiger partial charge on any atom is 0.239 e. The lowest BCUT2D eigenvalue weighted by Gasteiger charge is -2.25. The fraction of sp³-hybridized carbons (Fsp3) is 0.368. The van der Waals surface area contributed by atoms with E-state index in [0.717, 1.165) is 11.3 Å². The van der Waals surface area contributed by atoms with E-state index in [2.05, 4.69) is 5.32 Å². The highest BCUT2D eigenvalue weighted by Crippen LogP contribution is 2.30. The van der Waals surface area contributed by atoms with Crippen LogP contribution in [0.4, 0.5) is 9.39 Å². The third-order valence-corrected chi connectivity index (χ3v) is 5.38. The quantitative estimate of drug-likeness (QED) is 0.788. The van der Waals surface area contributed by atoms with Gasteiger partial charge in [-0.15, -0.1) is 11.3 Å². The van der Waals surface area contributed by atoms with Gasteiger partial charge in [0.1, 0.15) is 10.8 Å². The lowest BCUT2D eigenvalue weighted by Crippen LogP contribution is -2.41. The molecule has 1 amide bonds. The summed E-state index contributed by atoms with van der Waals surface area (Å²) >= 11 is 1.39. The summed E-state index contributed by atoms with van der Waals surface area (Å²) in [7, 11) is 0. The van der Waals surface area contributed by atoms with Gasteiger partial charge in [-0.1, -0.05) is 19.1 Å². The second-order valence-electron chi connectivity index (χ2n) is 6.09. The molecular weight excluding hydrogens is 355 g/mol. The number of carbonyl (C=O) groups excluding carboxylic acids is 2. The van der Waals surface area contributed by atoms with Crippen LogP contribution in [0.25, 0.3) is 0 Å². The van der Waals surface area contributed by atoms with Gasteiger partial charge in [0.25, 0.3) is 0 Å². The molecule has 1 N–H and O–H groups in total. The molecular formula is C19H21FN2O3S. The first-order valence-electron chi connectivity index (χ1n) is 8.59. The third-order valence-electron chi connectivity index (χ3n) is 4.19. The lowest BCUT2D eigenvalue weighted by atomic mass is 10.0. The molecule has 5 nitrogen and oxygen atoms in total. The highest BCUT2D eigenvalue weighted by molar-refractivity contribution is 7.16. The van der Waals surface area contributed by atoms with Crippen LogP contribution in [0.3, 0.4) is 0 Å². The van der Waals surface area contributed by atoms with Crippen molar-refractivity contribution < 1.29 is 18.7 Å². The van der Waals surface area contributed by atoms with Crippen molar-refractivity contribution in [3.63, 3.8) is 0 Å². The van der Waals surface area contributed by atoms with E-state index < -0.39 is 5.82 Å². The summed E-state index contributed by atoms with van der Waals surface area (Å²) < 4.78 is 18.7. The maximum atomic E-state index is 13.5. The Morgan fingerprint density at radius 2 is 2.04 bits per heavy atom. The fourth-order valence-corrected chi connectivity index (χ4v) is 3.80. The standard InChI is InChI=1S/C19H21FN2O3S/c1-2-15-11-16(18(24)13-4-3-5-14(20)10-13)19(26-15)21-17(23)12-22-6-8-25-9-7-22/h3-5,10-11H,2,6-9,12H2,1H3,(H,21,23). The molecule has 0 atom stereocenters. The zero-order chi connectivity index (χ0) is 18.5. The van der Waals surface area contributed by atoms with E-state index in [-0.39, 0.29) is 23.8 Å². The number of rotatable bonds is 6. The van der Waals surface area contributed by atoms with Gasteiger partial charge in [0, 0.05) is 23.5 Å². The summed E-state index contributed by atoms with van der Waals surface area (Å²) in [5.41, 5.74) is 0.682. The second-order valence-corrected chi connectivity index (χ2v) is 7.22. The van der Waals surface area contributed by atoms with E-state index >= 15 is 0 Å². The number of thiophene rings is 1. The van der Waals surface area contributed by atoms with Crippen LogP contribution >= 0.6 is 11.3 Å². The van der Waals surface area contributed by atoms with Gasteiger partial charge in [0.2, 0.25) is 5.91 Å². The number of nitrogens with zero attached hydrogens (tertiary/aromatic N) is 1. The van der Waals surface area contributed by atoms with Gasteiger partial charge in [-0.3, -0.25) is 14.5 Å². The molecule has 3 rings (SSSR count). The van der Waals surface area contributed by atoms with Crippen LogP contribution in [-0.4, -0.2) is 49.4 Å². The van der Waals surface area contributed by atoms with Gasteiger partial charge >= 0.3 is 0 Å². The Morgan fingerprint density at radius 3 is 2.73 bits per heavy atom. The molecule has 0 saturated carbocycles. The van der Waals surface area contributed by atoms with E-state index in [1.807, 2.05) is 11.8 Å². The number of anilines is 1. The summed E-state index contributed by atoms with van der Waals surface area (Å²) in [5.74, 6) is -0.911. The zero-order valence-electron chi connectivity index (χ0n) is 14.6. The molecule has 1 aromatic carbocycles. The fourth-order valence-electron chi connectivity index (χ4n) is 2.79. The Kier molecular flexibility index (Phi) is 6.13. The summed E-state index contributed by atoms with van der Waals surface area (Å²) in [6.45, 7) is 4.92. The highest BCUT2D eigenvalue weighted by Gasteiger charge is 2.21. The normalized spacial score (nSPS) is 15.0. The van der Waals surface area contributed by atoms with Crippen LogP contribution in [0.2, 0.25) is 0 Å². The SMILES string of the molecule is CCc1cc(C(=O)c2cccc(F)c2)c(NC(=O)CN2CCOCC2)s1. The van der Waals surface area contributed by atoms with Gasteiger partial charge in [0.05, 0.1) is 25.3 Å². The smallest absolute Gasteiger partial charge is 0.239 e. The predicted molar refractivity (Wildman–Crippen MR) is 99.4 cm³/mol. The number of ether oxygens (including phenoxy) is 1. The largest absolute Gasteiger partial charge is 0.379 e. The minimum atomic E-state index is -0.459. The second kappa shape index (κ2) is 8.53. The monoisotopic (exact) mass is 376 g/mol. The van der Waals surface area contributed by atoms with Crippen molar-refractivity contribution in [1.29, 1.82) is 0 Å². The average molecular weight is 376 g/mol. The number of hydrogen-bond donors (Lipinski definition) is 1. The molecule has 26 heavy (non-hydrogen) atoms. The third kappa shape index (κ3) is 4.55. The van der Waals surface area contributed by atoms with Crippen LogP contribution in [0.15, 0.2) is 30.3 Å². The minimum absolute atomic E-state index is 0.162. The Hall–Kier alpha value is -2.09. The minimum Gasteiger partial charge on any atom is -0.379 e. The number of amides is 1. The first kappa shape index (κ1) is 18.7. The first-order chi connectivity index (χ1) is 12.6. The molecule has 1 aromatic heterocycles. The lowest BCUT2D eigenvalue weighted by molar-refractivity contribution is -0.118. The Labute approximate surface area is 155 Å². The zero-order valence-corrected chi connectivity index (χ0v) is 15.4. The highest BCUT2D eigenvalue weighted by atomic mass is 32.1. The molecule has 2 aromatic rings. The average Bonchev–Trinajstić information content (AvgIpc) is 3.04. The van der Waals surface area contributed by atoms with Crippen molar-refractivity contribution in [3.8, 4) is 0 Å². The molecule has 0 radical (unpaired) electrons. The number of halogens is 1. The first-order valence-corrected chi connectivity index (χ1v) is 9.41. The summed E-state index contributed by atoms with van der Waals surface area (Å²) in [5, 5.41) is 3.38. The number of carbonyl (C=O) groups is 2. The van der Waals surface area contributed by atoms with E-state index in [1.54, 1.807) is 12.1 Å². The molecule has 0 bridgehead atoms. The van der Waals surface area contributed by atoms with Crippen molar-refractivity contribution in [2.24, 2.45) is 0 Å². The van der Waals surface area contributed by atoms with Crippen molar-refractivity contribution in [1.82, 2.24) is 4.90 Å². The van der Waals surface area contributed by atoms with Crippen molar-refractivity contribution in [3.05, 3.63) is 52.2 Å². The van der Waals surface area contributed by atoms with Gasteiger partial charge in [0.15, 0.2) is 5.78 Å². The van der Waals surface area contributed by atoms with E-state index in [4.69, 9.17) is 4.74 Å². The number of benzene rings is 1. The van der Waals surface area contributed by atoms with Gasteiger partial charge in [-0.25, -0.2) is 4.39 Å². The Balaban J connectivity index is 1.77. The van der Waals surface area contributed by atoms with Crippen LogP contribution in [0, 0.1) is 5.82 Å². The van der Waals surface area contributed by atoms with Crippen LogP contribution in [0.5, 0.6) is 0 Å². The number of ketones is 1. The van der Waals surface area contributed by atoms with Crippen molar-refractivity contribution >= 4 is 28.0 Å². The van der Waals surface area contributed by atoms with Crippen molar-refractivity contribution in [2.45, 2.75) is 13.3 Å². The van der Waals surface area contributed by atoms with Gasteiger partial charge in [-0.2, -0.15) is 0 Å². The van der Waals surface area contributed by atoms with Gasteiger partial charge in [-0.05, 0) is 24.6 Å². The van der Waals surface area contributed by atoms with Crippen LogP contribution < -0.4 is 5.32 Å². The molecule has 1 aliphatic rings. The molecule has 1 fully saturated rings. The number of nitrogens with one attached hydrogen (secondary N) is 1. The summed E-state index contributed by atoms with van der Waals surface area (Å²) in [6, 6.07) is 7.38. The Morgan fingerprint density at radius 1 is 1.27 bits per heavy atom. The number of aryl methyl sites for hydroxylation is 1. The van der Waals surface area contributed by atoms with Crippen LogP contribution in [-0.2, 0) is 16.0 Å². The van der Waals surface area contributed by atoms with Gasteiger partial charge < -0.3 is 10.1 Å². The van der Waals surface area contributed by atoms with E-state index in [0.29, 0.717) is 36.9 Å². The predicted octanol–water partition coefficient (Wildman–Crippen LogP) is 2.95. The topological polar surface area (TPSA) is 58.6 Å².